The van der Waals surface area contributed by atoms with Gasteiger partial charge in [0.1, 0.15) is 11.5 Å². The van der Waals surface area contributed by atoms with Crippen LogP contribution in [0.15, 0.2) is 102 Å². The van der Waals surface area contributed by atoms with E-state index in [2.05, 4.69) is 4.99 Å². The molecule has 5 rings (SSSR count). The van der Waals surface area contributed by atoms with Gasteiger partial charge in [0.2, 0.25) is 0 Å². The average molecular weight is 427 g/mol. The van der Waals surface area contributed by atoms with Crippen LogP contribution in [-0.4, -0.2) is 11.7 Å². The van der Waals surface area contributed by atoms with E-state index < -0.39 is 5.82 Å². The largest absolute Gasteiger partial charge is 0.282 e. The molecule has 4 aromatic carbocycles. The number of hydrogen-bond acceptors (Lipinski definition) is 2. The number of rotatable bonds is 3. The second kappa shape index (κ2) is 7.82. The van der Waals surface area contributed by atoms with Gasteiger partial charge < -0.3 is 0 Å². The summed E-state index contributed by atoms with van der Waals surface area (Å²) < 4.78 is 14.6. The van der Waals surface area contributed by atoms with Crippen LogP contribution in [0.25, 0.3) is 16.8 Å². The molecule has 0 radical (unpaired) electrons. The third-order valence-electron chi connectivity index (χ3n) is 5.18. The van der Waals surface area contributed by atoms with Gasteiger partial charge in [-0.1, -0.05) is 66.2 Å². The molecule has 0 saturated heterocycles. The number of halogens is 2. The van der Waals surface area contributed by atoms with Crippen LogP contribution in [0.4, 0.5) is 10.1 Å². The first kappa shape index (κ1) is 19.2. The molecular formula is C26H16ClFN2O. The summed E-state index contributed by atoms with van der Waals surface area (Å²) in [6, 6.07) is 26.9. The highest BCUT2D eigenvalue weighted by Gasteiger charge is 2.33. The Balaban J connectivity index is 1.68. The molecule has 0 bridgehead atoms. The van der Waals surface area contributed by atoms with Crippen molar-refractivity contribution in [1.29, 1.82) is 0 Å². The highest BCUT2D eigenvalue weighted by atomic mass is 35.5. The Hall–Kier alpha value is -3.76. The molecule has 0 unspecified atom stereocenters. The van der Waals surface area contributed by atoms with E-state index in [9.17, 15) is 9.18 Å². The van der Waals surface area contributed by atoms with Gasteiger partial charge in [-0.2, -0.15) is 0 Å². The fraction of sp³-hybridized carbons (Fsp3) is 0. The Morgan fingerprint density at radius 2 is 1.55 bits per heavy atom. The minimum atomic E-state index is -0.445. The lowest BCUT2D eigenvalue weighted by atomic mass is 10.0. The molecule has 5 heteroatoms. The van der Waals surface area contributed by atoms with Crippen LogP contribution in [0.5, 0.6) is 0 Å². The summed E-state index contributed by atoms with van der Waals surface area (Å²) in [5.41, 5.74) is 1.94. The fourth-order valence-corrected chi connectivity index (χ4v) is 3.82. The molecule has 4 aromatic rings. The Kier molecular flexibility index (Phi) is 4.85. The number of hydrogen-bond donors (Lipinski definition) is 0. The smallest absolute Gasteiger partial charge is 0.266 e. The van der Waals surface area contributed by atoms with Gasteiger partial charge in [-0.05, 0) is 58.8 Å². The highest BCUT2D eigenvalue weighted by Crippen LogP contribution is 2.30. The first-order chi connectivity index (χ1) is 15.1. The summed E-state index contributed by atoms with van der Waals surface area (Å²) in [4.78, 5) is 19.4. The van der Waals surface area contributed by atoms with Gasteiger partial charge in [0.15, 0.2) is 5.84 Å². The van der Waals surface area contributed by atoms with Crippen molar-refractivity contribution in [2.24, 2.45) is 4.99 Å². The number of anilines is 1. The van der Waals surface area contributed by atoms with E-state index in [0.717, 1.165) is 16.3 Å². The van der Waals surface area contributed by atoms with Crippen molar-refractivity contribution in [1.82, 2.24) is 0 Å². The normalized spacial score (nSPS) is 15.0. The monoisotopic (exact) mass is 426 g/mol. The van der Waals surface area contributed by atoms with Crippen molar-refractivity contribution in [2.75, 3.05) is 4.90 Å². The summed E-state index contributed by atoms with van der Waals surface area (Å²) in [5.74, 6) is -0.523. The molecule has 1 amide bonds. The van der Waals surface area contributed by atoms with Gasteiger partial charge >= 0.3 is 0 Å². The van der Waals surface area contributed by atoms with Crippen molar-refractivity contribution < 1.29 is 9.18 Å². The van der Waals surface area contributed by atoms with Crippen molar-refractivity contribution in [2.45, 2.75) is 0 Å². The minimum absolute atomic E-state index is 0.240. The van der Waals surface area contributed by atoms with Crippen LogP contribution in [-0.2, 0) is 4.79 Å². The quantitative estimate of drug-likeness (QED) is 0.346. The molecule has 0 N–H and O–H groups in total. The van der Waals surface area contributed by atoms with Gasteiger partial charge in [-0.15, -0.1) is 0 Å². The van der Waals surface area contributed by atoms with Crippen molar-refractivity contribution in [3.8, 4) is 0 Å². The number of aliphatic imine (C=N–C) groups is 1. The molecule has 1 aliphatic rings. The second-order valence-corrected chi connectivity index (χ2v) is 7.57. The number of amidine groups is 1. The van der Waals surface area contributed by atoms with Gasteiger partial charge in [0.05, 0.1) is 11.3 Å². The minimum Gasteiger partial charge on any atom is -0.266 e. The number of nitrogens with zero attached hydrogens (tertiary/aromatic N) is 2. The number of carbonyl (C=O) groups excluding carboxylic acids is 1. The van der Waals surface area contributed by atoms with E-state index in [1.165, 1.54) is 11.0 Å². The Morgan fingerprint density at radius 1 is 0.839 bits per heavy atom. The molecule has 150 valence electrons. The van der Waals surface area contributed by atoms with Gasteiger partial charge in [-0.3, -0.25) is 9.69 Å². The van der Waals surface area contributed by atoms with Gasteiger partial charge in [-0.25, -0.2) is 9.38 Å². The zero-order chi connectivity index (χ0) is 21.4. The van der Waals surface area contributed by atoms with E-state index in [4.69, 9.17) is 11.6 Å². The molecule has 0 atom stereocenters. The van der Waals surface area contributed by atoms with E-state index >= 15 is 0 Å². The van der Waals surface area contributed by atoms with Crippen molar-refractivity contribution in [3.05, 3.63) is 119 Å². The van der Waals surface area contributed by atoms with Gasteiger partial charge in [0, 0.05) is 5.02 Å². The van der Waals surface area contributed by atoms with E-state index in [-0.39, 0.29) is 23.0 Å². The zero-order valence-corrected chi connectivity index (χ0v) is 17.1. The first-order valence-corrected chi connectivity index (χ1v) is 10.1. The molecule has 0 fully saturated rings. The number of amides is 1. The maximum absolute atomic E-state index is 14.6. The standard InChI is InChI=1S/C26H16ClFN2O/c27-19-12-14-20(15-13-19)30-25(22-10-3-4-11-23(22)28)29-24(26(30)31)16-18-8-5-7-17-6-1-2-9-21(17)18/h1-16H/b24-16+. The summed E-state index contributed by atoms with van der Waals surface area (Å²) in [7, 11) is 0. The Bertz CT molecular complexity index is 1370. The summed E-state index contributed by atoms with van der Waals surface area (Å²) in [5, 5.41) is 2.62. The maximum atomic E-state index is 14.6. The molecule has 31 heavy (non-hydrogen) atoms. The van der Waals surface area contributed by atoms with Crippen molar-refractivity contribution >= 4 is 45.9 Å². The molecule has 1 heterocycles. The summed E-state index contributed by atoms with van der Waals surface area (Å²) in [6.45, 7) is 0. The first-order valence-electron chi connectivity index (χ1n) is 9.75. The van der Waals surface area contributed by atoms with Crippen LogP contribution in [0.2, 0.25) is 5.02 Å². The van der Waals surface area contributed by atoms with Crippen LogP contribution in [0, 0.1) is 5.82 Å². The molecule has 0 aliphatic carbocycles. The van der Waals surface area contributed by atoms with Crippen LogP contribution >= 0.6 is 11.6 Å². The molecular weight excluding hydrogens is 411 g/mol. The zero-order valence-electron chi connectivity index (χ0n) is 16.3. The van der Waals surface area contributed by atoms with Crippen LogP contribution < -0.4 is 4.90 Å². The third kappa shape index (κ3) is 3.51. The second-order valence-electron chi connectivity index (χ2n) is 7.13. The molecule has 1 aliphatic heterocycles. The van der Waals surface area contributed by atoms with Crippen molar-refractivity contribution in [3.63, 3.8) is 0 Å². The predicted octanol–water partition coefficient (Wildman–Crippen LogP) is 6.47. The fourth-order valence-electron chi connectivity index (χ4n) is 3.69. The van der Waals surface area contributed by atoms with E-state index in [0.29, 0.717) is 10.7 Å². The lowest BCUT2D eigenvalue weighted by Crippen LogP contribution is -2.33. The number of fused-ring (bicyclic) bond motifs is 1. The Morgan fingerprint density at radius 3 is 2.35 bits per heavy atom. The lowest BCUT2D eigenvalue weighted by Gasteiger charge is -2.19. The van der Waals surface area contributed by atoms with Crippen LogP contribution in [0.3, 0.4) is 0 Å². The topological polar surface area (TPSA) is 32.7 Å². The molecule has 0 spiro atoms. The van der Waals surface area contributed by atoms with E-state index in [1.54, 1.807) is 48.5 Å². The SMILES string of the molecule is O=C1/C(=C\c2cccc3ccccc23)N=C(c2ccccc2F)N1c1ccc(Cl)cc1. The maximum Gasteiger partial charge on any atom is 0.282 e. The predicted molar refractivity (Wildman–Crippen MR) is 124 cm³/mol. The third-order valence-corrected chi connectivity index (χ3v) is 5.43. The van der Waals surface area contributed by atoms with E-state index in [1.807, 2.05) is 42.5 Å². The average Bonchev–Trinajstić information content (AvgIpc) is 3.11. The molecule has 0 aromatic heterocycles. The van der Waals surface area contributed by atoms with Gasteiger partial charge in [0.25, 0.3) is 5.91 Å². The highest BCUT2D eigenvalue weighted by molar-refractivity contribution is 6.34. The lowest BCUT2D eigenvalue weighted by molar-refractivity contribution is -0.113. The number of benzene rings is 4. The number of carbonyl (C=O) groups is 1. The summed E-state index contributed by atoms with van der Waals surface area (Å²) >= 11 is 6.02. The Labute approximate surface area is 183 Å². The molecule has 0 saturated carbocycles. The molecule has 3 nitrogen and oxygen atoms in total. The van der Waals surface area contributed by atoms with Crippen LogP contribution in [0.1, 0.15) is 11.1 Å². The summed E-state index contributed by atoms with van der Waals surface area (Å²) in [6.07, 6.45) is 1.75.